The minimum absolute atomic E-state index is 0.00154. The third kappa shape index (κ3) is 4.36. The van der Waals surface area contributed by atoms with Gasteiger partial charge in [-0.25, -0.2) is 4.39 Å². The first kappa shape index (κ1) is 21.5. The van der Waals surface area contributed by atoms with E-state index in [4.69, 9.17) is 9.47 Å². The fourth-order valence-corrected chi connectivity index (χ4v) is 3.41. The van der Waals surface area contributed by atoms with Crippen LogP contribution in [0.15, 0.2) is 54.1 Å². The molecule has 1 unspecified atom stereocenters. The van der Waals surface area contributed by atoms with Gasteiger partial charge >= 0.3 is 0 Å². The average molecular weight is 413 g/mol. The number of likely N-dealkylation sites (tertiary alicyclic amines) is 1. The topological polar surface area (TPSA) is 76.1 Å². The lowest BCUT2D eigenvalue weighted by molar-refractivity contribution is -0.140. The van der Waals surface area contributed by atoms with Crippen LogP contribution in [0.1, 0.15) is 31.0 Å². The Morgan fingerprint density at radius 1 is 1.10 bits per heavy atom. The molecule has 1 saturated heterocycles. The number of ether oxygens (including phenoxy) is 2. The zero-order valence-electron chi connectivity index (χ0n) is 17.1. The van der Waals surface area contributed by atoms with Crippen LogP contribution >= 0.6 is 0 Å². The van der Waals surface area contributed by atoms with E-state index in [-0.39, 0.29) is 36.2 Å². The lowest BCUT2D eigenvalue weighted by atomic mass is 9.95. The third-order valence-electron chi connectivity index (χ3n) is 4.76. The van der Waals surface area contributed by atoms with Crippen molar-refractivity contribution in [3.63, 3.8) is 0 Å². The molecule has 1 amide bonds. The number of rotatable bonds is 7. The van der Waals surface area contributed by atoms with Crippen molar-refractivity contribution in [3.05, 3.63) is 71.0 Å². The first-order valence-corrected chi connectivity index (χ1v) is 9.63. The van der Waals surface area contributed by atoms with Crippen LogP contribution in [0, 0.1) is 5.82 Å². The lowest BCUT2D eigenvalue weighted by Crippen LogP contribution is -2.32. The summed E-state index contributed by atoms with van der Waals surface area (Å²) in [7, 11) is 1.50. The SMILES string of the molecule is COCCN1C(=O)C(=O)/C(=C(\O)c2ccc(F)cc2)C1c1ccc(OC(C)C)cc1. The van der Waals surface area contributed by atoms with E-state index in [0.717, 1.165) is 0 Å². The smallest absolute Gasteiger partial charge is 0.295 e. The lowest BCUT2D eigenvalue weighted by Gasteiger charge is -2.25. The normalized spacial score (nSPS) is 18.3. The second kappa shape index (κ2) is 9.09. The number of nitrogens with zero attached hydrogens (tertiary/aromatic N) is 1. The number of Topliss-reactive ketones (excluding diaryl/α,β-unsaturated/α-hetero) is 1. The Hall–Kier alpha value is -3.19. The Morgan fingerprint density at radius 3 is 2.30 bits per heavy atom. The van der Waals surface area contributed by atoms with Gasteiger partial charge in [0.05, 0.1) is 24.3 Å². The van der Waals surface area contributed by atoms with Crippen LogP contribution in [-0.4, -0.2) is 48.1 Å². The molecule has 1 aliphatic heterocycles. The number of carbonyl (C=O) groups is 2. The molecule has 0 radical (unpaired) electrons. The maximum atomic E-state index is 13.3. The highest BCUT2D eigenvalue weighted by Crippen LogP contribution is 2.39. The van der Waals surface area contributed by atoms with Crippen LogP contribution in [0.2, 0.25) is 0 Å². The average Bonchev–Trinajstić information content (AvgIpc) is 2.97. The molecule has 0 bridgehead atoms. The molecular weight excluding hydrogens is 389 g/mol. The second-order valence-corrected chi connectivity index (χ2v) is 7.23. The van der Waals surface area contributed by atoms with Gasteiger partial charge < -0.3 is 19.5 Å². The van der Waals surface area contributed by atoms with Gasteiger partial charge in [-0.2, -0.15) is 0 Å². The first-order chi connectivity index (χ1) is 14.3. The Morgan fingerprint density at radius 2 is 1.73 bits per heavy atom. The molecule has 3 rings (SSSR count). The Labute approximate surface area is 174 Å². The van der Waals surface area contributed by atoms with Crippen LogP contribution in [0.25, 0.3) is 5.76 Å². The molecular formula is C23H24FNO5. The maximum absolute atomic E-state index is 13.3. The van der Waals surface area contributed by atoms with Crippen molar-refractivity contribution in [1.82, 2.24) is 4.90 Å². The van der Waals surface area contributed by atoms with Crippen LogP contribution in [0.3, 0.4) is 0 Å². The van der Waals surface area contributed by atoms with Gasteiger partial charge in [-0.1, -0.05) is 12.1 Å². The number of hydrogen-bond acceptors (Lipinski definition) is 5. The summed E-state index contributed by atoms with van der Waals surface area (Å²) in [6, 6.07) is 11.3. The van der Waals surface area contributed by atoms with E-state index >= 15 is 0 Å². The fourth-order valence-electron chi connectivity index (χ4n) is 3.41. The maximum Gasteiger partial charge on any atom is 0.295 e. The van der Waals surface area contributed by atoms with E-state index in [1.165, 1.54) is 36.3 Å². The Balaban J connectivity index is 2.08. The highest BCUT2D eigenvalue weighted by Gasteiger charge is 2.45. The number of aliphatic hydroxyl groups is 1. The minimum atomic E-state index is -0.793. The molecule has 1 heterocycles. The van der Waals surface area contributed by atoms with Gasteiger partial charge in [-0.3, -0.25) is 9.59 Å². The molecule has 1 fully saturated rings. The van der Waals surface area contributed by atoms with Gasteiger partial charge in [0.15, 0.2) is 0 Å². The van der Waals surface area contributed by atoms with Gasteiger partial charge in [0.2, 0.25) is 0 Å². The molecule has 1 atom stereocenters. The molecule has 1 N–H and O–H groups in total. The first-order valence-electron chi connectivity index (χ1n) is 9.63. The summed E-state index contributed by atoms with van der Waals surface area (Å²) in [5.74, 6) is -1.67. The predicted molar refractivity (Wildman–Crippen MR) is 109 cm³/mol. The fraction of sp³-hybridized carbons (Fsp3) is 0.304. The summed E-state index contributed by atoms with van der Waals surface area (Å²) in [6.45, 7) is 4.23. The molecule has 1 aliphatic rings. The number of carbonyl (C=O) groups excluding carboxylic acids is 2. The molecule has 158 valence electrons. The third-order valence-corrected chi connectivity index (χ3v) is 4.76. The quantitative estimate of drug-likeness (QED) is 0.426. The van der Waals surface area contributed by atoms with Crippen LogP contribution in [0.5, 0.6) is 5.75 Å². The summed E-state index contributed by atoms with van der Waals surface area (Å²) in [5.41, 5.74) is 0.858. The van der Waals surface area contributed by atoms with Crippen molar-refractivity contribution >= 4 is 17.4 Å². The molecule has 2 aromatic rings. The van der Waals surface area contributed by atoms with Gasteiger partial charge in [0.1, 0.15) is 17.3 Å². The monoisotopic (exact) mass is 413 g/mol. The zero-order valence-corrected chi connectivity index (χ0v) is 17.1. The number of halogens is 1. The second-order valence-electron chi connectivity index (χ2n) is 7.23. The zero-order chi connectivity index (χ0) is 21.8. The molecule has 2 aromatic carbocycles. The standard InChI is InChI=1S/C23H24FNO5/c1-14(2)30-18-10-6-15(7-11-18)20-19(21(26)16-4-8-17(24)9-5-16)22(27)23(28)25(20)12-13-29-3/h4-11,14,20,26H,12-13H2,1-3H3/b21-19-. The van der Waals surface area contributed by atoms with E-state index in [1.54, 1.807) is 24.3 Å². The van der Waals surface area contributed by atoms with Crippen molar-refractivity contribution < 1.29 is 28.6 Å². The number of ketones is 1. The predicted octanol–water partition coefficient (Wildman–Crippen LogP) is 3.68. The summed E-state index contributed by atoms with van der Waals surface area (Å²) in [6.07, 6.45) is 0.00154. The number of benzene rings is 2. The Bertz CT molecular complexity index is 951. The van der Waals surface area contributed by atoms with Gasteiger partial charge in [0, 0.05) is 19.2 Å². The van der Waals surface area contributed by atoms with Crippen molar-refractivity contribution in [2.24, 2.45) is 0 Å². The molecule has 6 nitrogen and oxygen atoms in total. The molecule has 30 heavy (non-hydrogen) atoms. The van der Waals surface area contributed by atoms with E-state index < -0.39 is 23.5 Å². The summed E-state index contributed by atoms with van der Waals surface area (Å²) in [4.78, 5) is 26.9. The van der Waals surface area contributed by atoms with Gasteiger partial charge in [-0.05, 0) is 55.8 Å². The van der Waals surface area contributed by atoms with Crippen molar-refractivity contribution in [2.75, 3.05) is 20.3 Å². The van der Waals surface area contributed by atoms with Crippen molar-refractivity contribution in [2.45, 2.75) is 26.0 Å². The van der Waals surface area contributed by atoms with E-state index in [9.17, 15) is 19.1 Å². The summed E-state index contributed by atoms with van der Waals surface area (Å²) >= 11 is 0. The van der Waals surface area contributed by atoms with Crippen LogP contribution in [-0.2, 0) is 14.3 Å². The summed E-state index contributed by atoms with van der Waals surface area (Å²) in [5, 5.41) is 10.8. The largest absolute Gasteiger partial charge is 0.507 e. The van der Waals surface area contributed by atoms with Crippen molar-refractivity contribution in [3.8, 4) is 5.75 Å². The van der Waals surface area contributed by atoms with Crippen LogP contribution in [0.4, 0.5) is 4.39 Å². The summed E-state index contributed by atoms with van der Waals surface area (Å²) < 4.78 is 24.0. The number of amides is 1. The molecule has 7 heteroatoms. The number of hydrogen-bond donors (Lipinski definition) is 1. The number of methoxy groups -OCH3 is 1. The molecule has 0 aliphatic carbocycles. The number of aliphatic hydroxyl groups excluding tert-OH is 1. The van der Waals surface area contributed by atoms with Gasteiger partial charge in [0.25, 0.3) is 11.7 Å². The van der Waals surface area contributed by atoms with Crippen molar-refractivity contribution in [1.29, 1.82) is 0 Å². The van der Waals surface area contributed by atoms with E-state index in [2.05, 4.69) is 0 Å². The molecule has 0 saturated carbocycles. The van der Waals surface area contributed by atoms with Crippen LogP contribution < -0.4 is 4.74 Å². The Kier molecular flexibility index (Phi) is 6.52. The van der Waals surface area contributed by atoms with E-state index in [1.807, 2.05) is 13.8 Å². The molecule has 0 spiro atoms. The van der Waals surface area contributed by atoms with Gasteiger partial charge in [-0.15, -0.1) is 0 Å². The minimum Gasteiger partial charge on any atom is -0.507 e. The molecule has 0 aromatic heterocycles. The highest BCUT2D eigenvalue weighted by atomic mass is 19.1. The highest BCUT2D eigenvalue weighted by molar-refractivity contribution is 6.46. The van der Waals surface area contributed by atoms with E-state index in [0.29, 0.717) is 11.3 Å².